The van der Waals surface area contributed by atoms with Crippen molar-refractivity contribution in [2.75, 3.05) is 30.8 Å². The van der Waals surface area contributed by atoms with Gasteiger partial charge in [0, 0.05) is 11.6 Å². The lowest BCUT2D eigenvalue weighted by molar-refractivity contribution is 0.102. The topological polar surface area (TPSA) is 44.4 Å². The van der Waals surface area contributed by atoms with Crippen molar-refractivity contribution in [1.29, 1.82) is 0 Å². The van der Waals surface area contributed by atoms with Gasteiger partial charge < -0.3 is 15.5 Å². The highest BCUT2D eigenvalue weighted by Gasteiger charge is 2.18. The molecule has 0 saturated carbocycles. The normalized spacial score (nSPS) is 15.8. The lowest BCUT2D eigenvalue weighted by atomic mass is 10.0. The van der Waals surface area contributed by atoms with E-state index in [1.807, 2.05) is 56.3 Å². The number of nitrogens with zero attached hydrogens (tertiary/aromatic N) is 1. The Bertz CT molecular complexity index is 749. The third-order valence-electron chi connectivity index (χ3n) is 4.89. The molecule has 4 heteroatoms. The number of benzene rings is 2. The van der Waals surface area contributed by atoms with Crippen molar-refractivity contribution in [3.8, 4) is 0 Å². The molecule has 1 aliphatic heterocycles. The molecule has 0 aromatic heterocycles. The third-order valence-corrected chi connectivity index (χ3v) is 4.89. The number of carbonyl (C=O) groups excluding carboxylic acids is 1. The fraction of sp³-hybridized carbons (Fsp3) is 0.381. The molecule has 0 aliphatic carbocycles. The number of likely N-dealkylation sites (tertiary alicyclic amines) is 1. The molecule has 2 aromatic carbocycles. The van der Waals surface area contributed by atoms with Crippen LogP contribution in [0.4, 0.5) is 11.4 Å². The predicted octanol–water partition coefficient (Wildman–Crippen LogP) is 4.06. The number of para-hydroxylation sites is 2. The first-order valence-electron chi connectivity index (χ1n) is 8.95. The van der Waals surface area contributed by atoms with Crippen molar-refractivity contribution in [2.24, 2.45) is 0 Å². The van der Waals surface area contributed by atoms with E-state index in [0.29, 0.717) is 6.04 Å². The van der Waals surface area contributed by atoms with Crippen LogP contribution in [-0.2, 0) is 0 Å². The standard InChI is InChI=1S/C21H27N3O/c1-15-8-9-16(2)18(14-15)21(25)23-20-7-5-4-6-19(20)22-17-10-12-24(3)13-11-17/h4-9,14,17,22H,10-13H2,1-3H3,(H,23,25). The van der Waals surface area contributed by atoms with Crippen molar-refractivity contribution in [3.63, 3.8) is 0 Å². The van der Waals surface area contributed by atoms with Gasteiger partial charge in [0.1, 0.15) is 0 Å². The zero-order valence-corrected chi connectivity index (χ0v) is 15.3. The summed E-state index contributed by atoms with van der Waals surface area (Å²) in [5.41, 5.74) is 4.65. The van der Waals surface area contributed by atoms with Crippen molar-refractivity contribution < 1.29 is 4.79 Å². The van der Waals surface area contributed by atoms with Crippen molar-refractivity contribution >= 4 is 17.3 Å². The van der Waals surface area contributed by atoms with Crippen LogP contribution in [-0.4, -0.2) is 37.0 Å². The number of anilines is 2. The van der Waals surface area contributed by atoms with Crippen LogP contribution in [0.3, 0.4) is 0 Å². The summed E-state index contributed by atoms with van der Waals surface area (Å²) in [7, 11) is 2.16. The maximum absolute atomic E-state index is 12.7. The molecular weight excluding hydrogens is 310 g/mol. The van der Waals surface area contributed by atoms with E-state index in [1.54, 1.807) is 0 Å². The van der Waals surface area contributed by atoms with Gasteiger partial charge >= 0.3 is 0 Å². The number of nitrogens with one attached hydrogen (secondary N) is 2. The largest absolute Gasteiger partial charge is 0.381 e. The SMILES string of the molecule is Cc1ccc(C)c(C(=O)Nc2ccccc2NC2CCN(C)CC2)c1. The Labute approximate surface area is 150 Å². The molecule has 2 aromatic rings. The van der Waals surface area contributed by atoms with Crippen LogP contribution in [0.5, 0.6) is 0 Å². The van der Waals surface area contributed by atoms with Crippen LogP contribution >= 0.6 is 0 Å². The average molecular weight is 337 g/mol. The first-order valence-corrected chi connectivity index (χ1v) is 8.95. The Morgan fingerprint density at radius 2 is 1.72 bits per heavy atom. The Morgan fingerprint density at radius 3 is 2.44 bits per heavy atom. The highest BCUT2D eigenvalue weighted by atomic mass is 16.1. The number of rotatable bonds is 4. The number of aryl methyl sites for hydroxylation is 2. The molecule has 0 unspecified atom stereocenters. The molecule has 0 atom stereocenters. The molecule has 0 radical (unpaired) electrons. The maximum atomic E-state index is 12.7. The molecule has 25 heavy (non-hydrogen) atoms. The predicted molar refractivity (Wildman–Crippen MR) is 104 cm³/mol. The molecule has 1 aliphatic rings. The summed E-state index contributed by atoms with van der Waals surface area (Å²) >= 11 is 0. The summed E-state index contributed by atoms with van der Waals surface area (Å²) in [6.45, 7) is 6.19. The van der Waals surface area contributed by atoms with E-state index >= 15 is 0 Å². The Hall–Kier alpha value is -2.33. The second-order valence-electron chi connectivity index (χ2n) is 7.04. The van der Waals surface area contributed by atoms with E-state index < -0.39 is 0 Å². The zero-order valence-electron chi connectivity index (χ0n) is 15.3. The van der Waals surface area contributed by atoms with Gasteiger partial charge in [-0.1, -0.05) is 29.8 Å². The number of hydrogen-bond acceptors (Lipinski definition) is 3. The summed E-state index contributed by atoms with van der Waals surface area (Å²) in [4.78, 5) is 15.1. The monoisotopic (exact) mass is 337 g/mol. The van der Waals surface area contributed by atoms with Crippen molar-refractivity contribution in [3.05, 3.63) is 59.2 Å². The number of amides is 1. The lowest BCUT2D eigenvalue weighted by Crippen LogP contribution is -2.36. The number of hydrogen-bond donors (Lipinski definition) is 2. The van der Waals surface area contributed by atoms with Crippen molar-refractivity contribution in [1.82, 2.24) is 4.90 Å². The van der Waals surface area contributed by atoms with Gasteiger partial charge in [-0.25, -0.2) is 0 Å². The van der Waals surface area contributed by atoms with E-state index in [4.69, 9.17) is 0 Å². The molecule has 1 saturated heterocycles. The van der Waals surface area contributed by atoms with E-state index in [0.717, 1.165) is 54.0 Å². The fourth-order valence-corrected chi connectivity index (χ4v) is 3.26. The summed E-state index contributed by atoms with van der Waals surface area (Å²) in [6, 6.07) is 14.4. The zero-order chi connectivity index (χ0) is 17.8. The molecule has 3 rings (SSSR count). The van der Waals surface area contributed by atoms with E-state index in [1.165, 1.54) is 0 Å². The molecule has 1 fully saturated rings. The first-order chi connectivity index (χ1) is 12.0. The molecule has 1 heterocycles. The van der Waals surface area contributed by atoms with E-state index in [2.05, 4.69) is 22.6 Å². The summed E-state index contributed by atoms with van der Waals surface area (Å²) < 4.78 is 0. The lowest BCUT2D eigenvalue weighted by Gasteiger charge is -2.30. The fourth-order valence-electron chi connectivity index (χ4n) is 3.26. The highest BCUT2D eigenvalue weighted by molar-refractivity contribution is 6.06. The summed E-state index contributed by atoms with van der Waals surface area (Å²) in [5, 5.41) is 6.69. The molecule has 4 nitrogen and oxygen atoms in total. The summed E-state index contributed by atoms with van der Waals surface area (Å²) in [5.74, 6) is -0.0566. The Kier molecular flexibility index (Phi) is 5.39. The van der Waals surface area contributed by atoms with Gasteiger partial charge in [0.05, 0.1) is 11.4 Å². The smallest absolute Gasteiger partial charge is 0.255 e. The molecule has 1 amide bonds. The van der Waals surface area contributed by atoms with Crippen LogP contribution in [0.1, 0.15) is 34.3 Å². The van der Waals surface area contributed by atoms with Gasteiger partial charge in [-0.3, -0.25) is 4.79 Å². The van der Waals surface area contributed by atoms with Gasteiger partial charge in [0.2, 0.25) is 0 Å². The molecular formula is C21H27N3O. The quantitative estimate of drug-likeness (QED) is 0.884. The van der Waals surface area contributed by atoms with Crippen LogP contribution in [0.2, 0.25) is 0 Å². The minimum Gasteiger partial charge on any atom is -0.381 e. The second-order valence-corrected chi connectivity index (χ2v) is 7.04. The third kappa shape index (κ3) is 4.40. The van der Waals surface area contributed by atoms with E-state index in [-0.39, 0.29) is 5.91 Å². The maximum Gasteiger partial charge on any atom is 0.255 e. The van der Waals surface area contributed by atoms with Crippen LogP contribution in [0, 0.1) is 13.8 Å². The average Bonchev–Trinajstić information content (AvgIpc) is 2.60. The first kappa shape index (κ1) is 17.5. The minimum atomic E-state index is -0.0566. The Balaban J connectivity index is 1.74. The van der Waals surface area contributed by atoms with Gasteiger partial charge in [0.15, 0.2) is 0 Å². The molecule has 0 spiro atoms. The minimum absolute atomic E-state index is 0.0566. The molecule has 2 N–H and O–H groups in total. The van der Waals surface area contributed by atoms with Crippen LogP contribution in [0.25, 0.3) is 0 Å². The van der Waals surface area contributed by atoms with Crippen LogP contribution in [0.15, 0.2) is 42.5 Å². The van der Waals surface area contributed by atoms with E-state index in [9.17, 15) is 4.79 Å². The summed E-state index contributed by atoms with van der Waals surface area (Å²) in [6.07, 6.45) is 2.24. The number of carbonyl (C=O) groups is 1. The van der Waals surface area contributed by atoms with Gasteiger partial charge in [0.25, 0.3) is 5.91 Å². The van der Waals surface area contributed by atoms with Gasteiger partial charge in [-0.15, -0.1) is 0 Å². The van der Waals surface area contributed by atoms with Gasteiger partial charge in [-0.05, 0) is 70.6 Å². The molecule has 132 valence electrons. The number of piperidine rings is 1. The highest BCUT2D eigenvalue weighted by Crippen LogP contribution is 2.25. The van der Waals surface area contributed by atoms with Crippen LogP contribution < -0.4 is 10.6 Å². The molecule has 0 bridgehead atoms. The van der Waals surface area contributed by atoms with Gasteiger partial charge in [-0.2, -0.15) is 0 Å². The van der Waals surface area contributed by atoms with Crippen molar-refractivity contribution in [2.45, 2.75) is 32.7 Å². The second kappa shape index (κ2) is 7.70. The Morgan fingerprint density at radius 1 is 1.04 bits per heavy atom.